The summed E-state index contributed by atoms with van der Waals surface area (Å²) in [5, 5.41) is 3.41. The number of hydrogen-bond donors (Lipinski definition) is 1. The van der Waals surface area contributed by atoms with E-state index in [9.17, 15) is 9.59 Å². The van der Waals surface area contributed by atoms with Crippen LogP contribution in [0.15, 0.2) is 46.8 Å². The van der Waals surface area contributed by atoms with Gasteiger partial charge in [0.1, 0.15) is 6.10 Å². The second-order valence-corrected chi connectivity index (χ2v) is 10.5. The molecule has 154 valence electrons. The van der Waals surface area contributed by atoms with Crippen LogP contribution in [-0.2, 0) is 14.3 Å². The number of rotatable bonds is 3. The van der Waals surface area contributed by atoms with E-state index in [0.717, 1.165) is 58.2 Å². The van der Waals surface area contributed by atoms with Crippen molar-refractivity contribution >= 4 is 34.3 Å². The molecule has 0 saturated heterocycles. The van der Waals surface area contributed by atoms with E-state index in [1.807, 2.05) is 31.2 Å². The van der Waals surface area contributed by atoms with E-state index in [2.05, 4.69) is 41.8 Å². The third kappa shape index (κ3) is 4.16. The standard InChI is InChI=1S/C24H28INO3/c1-14-20(23(28)29-17-6-4-5-7-17)21(15-8-10-16(25)11-9-15)22-18(26-14)12-24(2,3)13-19(22)27/h8-11,17,21,26H,4-7,12-13H2,1-3H3/t21-/m1/s1. The Kier molecular flexibility index (Phi) is 5.62. The van der Waals surface area contributed by atoms with Crippen molar-refractivity contribution < 1.29 is 14.3 Å². The van der Waals surface area contributed by atoms with Gasteiger partial charge in [0, 0.05) is 32.9 Å². The van der Waals surface area contributed by atoms with Gasteiger partial charge in [-0.25, -0.2) is 4.79 Å². The summed E-state index contributed by atoms with van der Waals surface area (Å²) >= 11 is 2.27. The molecule has 3 aliphatic rings. The molecule has 0 amide bonds. The summed E-state index contributed by atoms with van der Waals surface area (Å²) in [6.07, 6.45) is 5.38. The number of esters is 1. The van der Waals surface area contributed by atoms with Gasteiger partial charge in [-0.2, -0.15) is 0 Å². The number of hydrogen-bond acceptors (Lipinski definition) is 4. The lowest BCUT2D eigenvalue weighted by molar-refractivity contribution is -0.144. The van der Waals surface area contributed by atoms with Crippen molar-refractivity contribution in [2.24, 2.45) is 5.41 Å². The Bertz CT molecular complexity index is 905. The third-order valence-electron chi connectivity index (χ3n) is 6.24. The summed E-state index contributed by atoms with van der Waals surface area (Å²) in [5.41, 5.74) is 4.00. The number of benzene rings is 1. The second kappa shape index (κ2) is 7.89. The fourth-order valence-corrected chi connectivity index (χ4v) is 5.28. The highest BCUT2D eigenvalue weighted by atomic mass is 127. The number of ether oxygens (including phenoxy) is 1. The minimum Gasteiger partial charge on any atom is -0.459 e. The zero-order chi connectivity index (χ0) is 20.8. The van der Waals surface area contributed by atoms with Gasteiger partial charge in [0.25, 0.3) is 0 Å². The molecule has 4 nitrogen and oxygen atoms in total. The van der Waals surface area contributed by atoms with Gasteiger partial charge in [0.2, 0.25) is 0 Å². The molecule has 0 bridgehead atoms. The smallest absolute Gasteiger partial charge is 0.337 e. The quantitative estimate of drug-likeness (QED) is 0.443. The average Bonchev–Trinajstić information content (AvgIpc) is 3.13. The van der Waals surface area contributed by atoms with Crippen LogP contribution >= 0.6 is 22.6 Å². The minimum absolute atomic E-state index is 0.00320. The lowest BCUT2D eigenvalue weighted by Gasteiger charge is -2.39. The highest BCUT2D eigenvalue weighted by molar-refractivity contribution is 14.1. The summed E-state index contributed by atoms with van der Waals surface area (Å²) in [6.45, 7) is 6.18. The summed E-state index contributed by atoms with van der Waals surface area (Å²) in [7, 11) is 0. The molecule has 2 aliphatic carbocycles. The minimum atomic E-state index is -0.360. The van der Waals surface area contributed by atoms with E-state index in [4.69, 9.17) is 4.74 Å². The van der Waals surface area contributed by atoms with Crippen molar-refractivity contribution in [3.8, 4) is 0 Å². The molecule has 0 unspecified atom stereocenters. The summed E-state index contributed by atoms with van der Waals surface area (Å²) < 4.78 is 7.01. The molecule has 0 spiro atoms. The van der Waals surface area contributed by atoms with E-state index in [1.54, 1.807) is 0 Å². The number of carbonyl (C=O) groups excluding carboxylic acids is 2. The summed E-state index contributed by atoms with van der Waals surface area (Å²) in [6, 6.07) is 8.13. The number of ketones is 1. The van der Waals surface area contributed by atoms with Crippen LogP contribution in [0, 0.1) is 8.99 Å². The molecule has 1 saturated carbocycles. The normalized spacial score (nSPS) is 24.4. The molecular weight excluding hydrogens is 477 g/mol. The predicted octanol–water partition coefficient (Wildman–Crippen LogP) is 5.38. The molecule has 0 radical (unpaired) electrons. The maximum atomic E-state index is 13.3. The topological polar surface area (TPSA) is 55.4 Å². The van der Waals surface area contributed by atoms with Crippen LogP contribution < -0.4 is 5.32 Å². The summed E-state index contributed by atoms with van der Waals surface area (Å²) in [5.74, 6) is -0.513. The monoisotopic (exact) mass is 505 g/mol. The van der Waals surface area contributed by atoms with E-state index < -0.39 is 0 Å². The van der Waals surface area contributed by atoms with Crippen LogP contribution in [0.1, 0.15) is 70.8 Å². The van der Waals surface area contributed by atoms with Gasteiger partial charge in [-0.3, -0.25) is 4.79 Å². The number of carbonyl (C=O) groups is 2. The number of halogens is 1. The number of dihydropyridines is 1. The molecular formula is C24H28INO3. The molecule has 1 N–H and O–H groups in total. The number of nitrogens with one attached hydrogen (secondary N) is 1. The lowest BCUT2D eigenvalue weighted by Crippen LogP contribution is -2.39. The van der Waals surface area contributed by atoms with Crippen molar-refractivity contribution in [1.29, 1.82) is 0 Å². The second-order valence-electron chi connectivity index (χ2n) is 9.29. The van der Waals surface area contributed by atoms with Crippen molar-refractivity contribution in [3.05, 3.63) is 55.9 Å². The fourth-order valence-electron chi connectivity index (χ4n) is 4.92. The van der Waals surface area contributed by atoms with Gasteiger partial charge in [0.15, 0.2) is 5.78 Å². The SMILES string of the molecule is CC1=C(C(=O)OC2CCCC2)[C@@H](c2ccc(I)cc2)C2=C(CC(C)(C)CC2=O)N1. The van der Waals surface area contributed by atoms with Crippen molar-refractivity contribution in [3.63, 3.8) is 0 Å². The lowest BCUT2D eigenvalue weighted by atomic mass is 9.68. The molecule has 1 aromatic rings. The Hall–Kier alpha value is -1.63. The van der Waals surface area contributed by atoms with Crippen LogP contribution in [0.4, 0.5) is 0 Å². The van der Waals surface area contributed by atoms with E-state index in [0.29, 0.717) is 12.0 Å². The largest absolute Gasteiger partial charge is 0.459 e. The Morgan fingerprint density at radius 1 is 1.14 bits per heavy atom. The van der Waals surface area contributed by atoms with Gasteiger partial charge in [0.05, 0.1) is 5.57 Å². The number of Topliss-reactive ketones (excluding diaryl/α,β-unsaturated/α-hetero) is 1. The molecule has 1 aliphatic heterocycles. The van der Waals surface area contributed by atoms with Crippen LogP contribution in [0.5, 0.6) is 0 Å². The van der Waals surface area contributed by atoms with Crippen molar-refractivity contribution in [1.82, 2.24) is 5.32 Å². The molecule has 1 fully saturated rings. The van der Waals surface area contributed by atoms with Gasteiger partial charge in [-0.15, -0.1) is 0 Å². The van der Waals surface area contributed by atoms with Crippen LogP contribution in [0.3, 0.4) is 0 Å². The Morgan fingerprint density at radius 2 is 1.79 bits per heavy atom. The zero-order valence-corrected chi connectivity index (χ0v) is 19.5. The Morgan fingerprint density at radius 3 is 2.45 bits per heavy atom. The first kappa shape index (κ1) is 20.6. The van der Waals surface area contributed by atoms with Crippen molar-refractivity contribution in [2.45, 2.75) is 71.3 Å². The maximum Gasteiger partial charge on any atom is 0.337 e. The molecule has 1 aromatic carbocycles. The zero-order valence-electron chi connectivity index (χ0n) is 17.3. The van der Waals surface area contributed by atoms with Crippen LogP contribution in [0.25, 0.3) is 0 Å². The molecule has 29 heavy (non-hydrogen) atoms. The van der Waals surface area contributed by atoms with Crippen LogP contribution in [0.2, 0.25) is 0 Å². The molecule has 1 heterocycles. The number of allylic oxidation sites excluding steroid dienone is 3. The summed E-state index contributed by atoms with van der Waals surface area (Å²) in [4.78, 5) is 26.5. The van der Waals surface area contributed by atoms with Crippen molar-refractivity contribution in [2.75, 3.05) is 0 Å². The van der Waals surface area contributed by atoms with Gasteiger partial charge in [-0.05, 0) is 84.7 Å². The van der Waals surface area contributed by atoms with Gasteiger partial charge < -0.3 is 10.1 Å². The first-order chi connectivity index (χ1) is 13.7. The highest BCUT2D eigenvalue weighted by Gasteiger charge is 2.43. The first-order valence-electron chi connectivity index (χ1n) is 10.5. The Balaban J connectivity index is 1.78. The van der Waals surface area contributed by atoms with E-state index in [-0.39, 0.29) is 29.2 Å². The molecule has 0 aromatic heterocycles. The van der Waals surface area contributed by atoms with Gasteiger partial charge >= 0.3 is 5.97 Å². The predicted molar refractivity (Wildman–Crippen MR) is 121 cm³/mol. The average molecular weight is 505 g/mol. The van der Waals surface area contributed by atoms with Crippen LogP contribution in [-0.4, -0.2) is 17.9 Å². The Labute approximate surface area is 186 Å². The molecule has 4 rings (SSSR count). The van der Waals surface area contributed by atoms with E-state index >= 15 is 0 Å². The fraction of sp³-hybridized carbons (Fsp3) is 0.500. The van der Waals surface area contributed by atoms with Gasteiger partial charge in [-0.1, -0.05) is 26.0 Å². The third-order valence-corrected chi connectivity index (χ3v) is 6.96. The molecule has 5 heteroatoms. The maximum absolute atomic E-state index is 13.3. The first-order valence-corrected chi connectivity index (χ1v) is 11.5. The van der Waals surface area contributed by atoms with E-state index in [1.165, 1.54) is 0 Å². The molecule has 1 atom stereocenters. The highest BCUT2D eigenvalue weighted by Crippen LogP contribution is 2.47.